The summed E-state index contributed by atoms with van der Waals surface area (Å²) in [5.74, 6) is -1.42. The number of aliphatic hydroxyl groups is 1. The second kappa shape index (κ2) is 9.97. The predicted molar refractivity (Wildman–Crippen MR) is 118 cm³/mol. The number of carbonyl (C=O) groups excluding carboxylic acids is 1. The average molecular weight is 557 g/mol. The van der Waals surface area contributed by atoms with Crippen LogP contribution in [0.4, 0.5) is 50.0 Å². The van der Waals surface area contributed by atoms with Crippen molar-refractivity contribution >= 4 is 11.8 Å². The SMILES string of the molecule is CCOC(=O)N1c2ccc(C(F)(F)F)cc2[C@H]([C@@](C)(O)c2cc(C(F)(F)F)cc(C(F)(F)F)c2)C[C@H]1CC. The lowest BCUT2D eigenvalue weighted by atomic mass is 9.71. The van der Waals surface area contributed by atoms with Crippen molar-refractivity contribution in [2.24, 2.45) is 0 Å². The molecule has 1 heterocycles. The zero-order valence-electron chi connectivity index (χ0n) is 20.4. The zero-order chi connectivity index (χ0) is 28.8. The van der Waals surface area contributed by atoms with Crippen molar-refractivity contribution < 1.29 is 54.2 Å². The van der Waals surface area contributed by atoms with E-state index in [1.165, 1.54) is 6.92 Å². The van der Waals surface area contributed by atoms with E-state index in [9.17, 15) is 49.4 Å². The van der Waals surface area contributed by atoms with Gasteiger partial charge in [-0.3, -0.25) is 4.90 Å². The normalized spacial score (nSPS) is 20.1. The van der Waals surface area contributed by atoms with E-state index in [0.29, 0.717) is 24.3 Å². The van der Waals surface area contributed by atoms with Gasteiger partial charge in [0.25, 0.3) is 0 Å². The Hall–Kier alpha value is -2.96. The third kappa shape index (κ3) is 5.71. The fourth-order valence-corrected chi connectivity index (χ4v) is 4.70. The minimum absolute atomic E-state index is 0.0622. The van der Waals surface area contributed by atoms with Crippen LogP contribution >= 0.6 is 0 Å². The van der Waals surface area contributed by atoms with Gasteiger partial charge in [0.05, 0.1) is 34.6 Å². The smallest absolute Gasteiger partial charge is 0.416 e. The topological polar surface area (TPSA) is 49.8 Å². The Labute approximate surface area is 212 Å². The van der Waals surface area contributed by atoms with Crippen LogP contribution in [0.2, 0.25) is 0 Å². The third-order valence-corrected chi connectivity index (χ3v) is 6.65. The highest BCUT2D eigenvalue weighted by molar-refractivity contribution is 5.90. The molecular weight excluding hydrogens is 533 g/mol. The molecule has 0 fully saturated rings. The van der Waals surface area contributed by atoms with Crippen molar-refractivity contribution in [3.05, 3.63) is 64.2 Å². The molecule has 0 spiro atoms. The lowest BCUT2D eigenvalue weighted by Gasteiger charge is -2.45. The highest BCUT2D eigenvalue weighted by Crippen LogP contribution is 2.51. The van der Waals surface area contributed by atoms with Crippen LogP contribution in [0.25, 0.3) is 0 Å². The van der Waals surface area contributed by atoms with Crippen molar-refractivity contribution in [1.82, 2.24) is 0 Å². The first-order valence-electron chi connectivity index (χ1n) is 11.5. The molecule has 2 aromatic rings. The number of hydrogen-bond acceptors (Lipinski definition) is 3. The van der Waals surface area contributed by atoms with Gasteiger partial charge in [0, 0.05) is 12.0 Å². The van der Waals surface area contributed by atoms with Gasteiger partial charge in [-0.1, -0.05) is 6.92 Å². The summed E-state index contributed by atoms with van der Waals surface area (Å²) in [6, 6.07) is 2.12. The fourth-order valence-electron chi connectivity index (χ4n) is 4.70. The van der Waals surface area contributed by atoms with E-state index in [1.54, 1.807) is 6.92 Å². The van der Waals surface area contributed by atoms with Crippen LogP contribution in [0.5, 0.6) is 0 Å². The van der Waals surface area contributed by atoms with Gasteiger partial charge in [0.1, 0.15) is 0 Å². The Balaban J connectivity index is 2.29. The van der Waals surface area contributed by atoms with E-state index in [-0.39, 0.29) is 36.8 Å². The van der Waals surface area contributed by atoms with Gasteiger partial charge in [-0.15, -0.1) is 0 Å². The lowest BCUT2D eigenvalue weighted by molar-refractivity contribution is -0.143. The highest BCUT2D eigenvalue weighted by Gasteiger charge is 2.47. The van der Waals surface area contributed by atoms with Crippen LogP contribution in [-0.2, 0) is 28.9 Å². The van der Waals surface area contributed by atoms with E-state index in [1.807, 2.05) is 0 Å². The average Bonchev–Trinajstić information content (AvgIpc) is 2.80. The van der Waals surface area contributed by atoms with Crippen LogP contribution in [0.1, 0.15) is 67.3 Å². The first-order chi connectivity index (χ1) is 17.3. The number of ether oxygens (including phenoxy) is 1. The van der Waals surface area contributed by atoms with Crippen LogP contribution in [-0.4, -0.2) is 23.8 Å². The molecule has 0 saturated heterocycles. The van der Waals surface area contributed by atoms with Gasteiger partial charge < -0.3 is 9.84 Å². The molecule has 3 rings (SSSR count). The summed E-state index contributed by atoms with van der Waals surface area (Å²) in [4.78, 5) is 13.8. The van der Waals surface area contributed by atoms with Crippen molar-refractivity contribution in [2.75, 3.05) is 11.5 Å². The maximum Gasteiger partial charge on any atom is 0.416 e. The Kier molecular flexibility index (Phi) is 7.77. The van der Waals surface area contributed by atoms with Crippen molar-refractivity contribution in [3.63, 3.8) is 0 Å². The summed E-state index contributed by atoms with van der Waals surface area (Å²) < 4.78 is 127. The number of rotatable bonds is 4. The van der Waals surface area contributed by atoms with Crippen LogP contribution < -0.4 is 4.90 Å². The molecule has 1 aliphatic heterocycles. The third-order valence-electron chi connectivity index (χ3n) is 6.65. The number of fused-ring (bicyclic) bond motifs is 1. The molecule has 0 aromatic heterocycles. The van der Waals surface area contributed by atoms with Gasteiger partial charge in [-0.25, -0.2) is 4.79 Å². The number of anilines is 1. The molecule has 0 bridgehead atoms. The maximum absolute atomic E-state index is 13.6. The molecular formula is C25H24F9NO3. The first-order valence-corrected chi connectivity index (χ1v) is 11.5. The number of hydrogen-bond donors (Lipinski definition) is 1. The van der Waals surface area contributed by atoms with Crippen LogP contribution in [0, 0.1) is 0 Å². The van der Waals surface area contributed by atoms with Gasteiger partial charge >= 0.3 is 24.6 Å². The molecule has 3 atom stereocenters. The van der Waals surface area contributed by atoms with Crippen molar-refractivity contribution in [3.8, 4) is 0 Å². The number of halogens is 9. The predicted octanol–water partition coefficient (Wildman–Crippen LogP) is 7.88. The molecule has 4 nitrogen and oxygen atoms in total. The number of alkyl halides is 9. The molecule has 0 aliphatic carbocycles. The van der Waals surface area contributed by atoms with Gasteiger partial charge in [0.2, 0.25) is 0 Å². The molecule has 1 N–H and O–H groups in total. The van der Waals surface area contributed by atoms with E-state index in [4.69, 9.17) is 4.74 Å². The molecule has 0 unspecified atom stereocenters. The summed E-state index contributed by atoms with van der Waals surface area (Å²) in [6.45, 7) is 4.02. The summed E-state index contributed by atoms with van der Waals surface area (Å²) in [5.41, 5.74) is -8.18. The summed E-state index contributed by atoms with van der Waals surface area (Å²) in [5, 5.41) is 11.5. The second-order valence-electron chi connectivity index (χ2n) is 9.13. The van der Waals surface area contributed by atoms with E-state index in [0.717, 1.165) is 17.9 Å². The zero-order valence-corrected chi connectivity index (χ0v) is 20.4. The lowest BCUT2D eigenvalue weighted by Crippen LogP contribution is -2.48. The minimum atomic E-state index is -5.20. The maximum atomic E-state index is 13.6. The monoisotopic (exact) mass is 557 g/mol. The fraction of sp³-hybridized carbons (Fsp3) is 0.480. The molecule has 0 saturated carbocycles. The molecule has 1 aliphatic rings. The number of benzene rings is 2. The van der Waals surface area contributed by atoms with Crippen molar-refractivity contribution in [1.29, 1.82) is 0 Å². The molecule has 38 heavy (non-hydrogen) atoms. The Morgan fingerprint density at radius 2 is 1.37 bits per heavy atom. The largest absolute Gasteiger partial charge is 0.449 e. The molecule has 2 aromatic carbocycles. The molecule has 0 radical (unpaired) electrons. The number of carbonyl (C=O) groups is 1. The minimum Gasteiger partial charge on any atom is -0.449 e. The molecule has 13 heteroatoms. The Bertz CT molecular complexity index is 1150. The Morgan fingerprint density at radius 3 is 1.82 bits per heavy atom. The van der Waals surface area contributed by atoms with Gasteiger partial charge in [-0.05, 0) is 74.2 Å². The van der Waals surface area contributed by atoms with Crippen LogP contribution in [0.3, 0.4) is 0 Å². The number of amides is 1. The van der Waals surface area contributed by atoms with E-state index in [2.05, 4.69) is 0 Å². The van der Waals surface area contributed by atoms with E-state index < -0.39 is 64.4 Å². The molecule has 210 valence electrons. The standard InChI is InChI=1S/C25H24F9NO3/c1-4-17-12-19(18-11-13(23(26,27)28)6-7-20(18)35(17)21(36)38-5-2)22(3,37)14-8-15(24(29,30)31)10-16(9-14)25(32,33)34/h6-11,17,19,37H,4-5,12H2,1-3H3/t17-,19-,22+/m1/s1. The summed E-state index contributed by atoms with van der Waals surface area (Å²) in [6.07, 6.45) is -16.2. The molecule has 1 amide bonds. The Morgan fingerprint density at radius 1 is 0.868 bits per heavy atom. The quantitative estimate of drug-likeness (QED) is 0.389. The first kappa shape index (κ1) is 29.6. The van der Waals surface area contributed by atoms with E-state index >= 15 is 0 Å². The second-order valence-corrected chi connectivity index (χ2v) is 9.13. The summed E-state index contributed by atoms with van der Waals surface area (Å²) in [7, 11) is 0. The van der Waals surface area contributed by atoms with Gasteiger partial charge in [0.15, 0.2) is 0 Å². The van der Waals surface area contributed by atoms with Crippen LogP contribution in [0.15, 0.2) is 36.4 Å². The van der Waals surface area contributed by atoms with Gasteiger partial charge in [-0.2, -0.15) is 39.5 Å². The van der Waals surface area contributed by atoms with Crippen molar-refractivity contribution in [2.45, 2.75) is 69.7 Å². The number of nitrogens with zero attached hydrogens (tertiary/aromatic N) is 1. The summed E-state index contributed by atoms with van der Waals surface area (Å²) >= 11 is 0. The highest BCUT2D eigenvalue weighted by atomic mass is 19.4.